The van der Waals surface area contributed by atoms with Crippen LogP contribution in [-0.2, 0) is 16.6 Å². The van der Waals surface area contributed by atoms with E-state index < -0.39 is 15.8 Å². The molecule has 0 amide bonds. The first-order valence-electron chi connectivity index (χ1n) is 5.17. The number of hydrogen-bond donors (Lipinski definition) is 2. The van der Waals surface area contributed by atoms with Crippen LogP contribution in [0.3, 0.4) is 0 Å². The summed E-state index contributed by atoms with van der Waals surface area (Å²) >= 11 is 4.75. The third-order valence-electron chi connectivity index (χ3n) is 2.39. The monoisotopic (exact) mass is 364 g/mol. The molecule has 0 unspecified atom stereocenters. The molecule has 0 aliphatic heterocycles. The van der Waals surface area contributed by atoms with Crippen LogP contribution in [0.25, 0.3) is 0 Å². The van der Waals surface area contributed by atoms with Crippen molar-refractivity contribution in [1.29, 1.82) is 0 Å². The molecule has 2 aromatic rings. The summed E-state index contributed by atoms with van der Waals surface area (Å²) in [7, 11) is -3.70. The highest BCUT2D eigenvalue weighted by atomic mass is 79.9. The SMILES string of the molecule is Nc1cc(S(=O)(=O)NCc2sccc2Br)ccc1F. The van der Waals surface area contributed by atoms with Gasteiger partial charge in [-0.1, -0.05) is 0 Å². The third-order valence-corrected chi connectivity index (χ3v) is 5.72. The minimum atomic E-state index is -3.70. The normalized spacial score (nSPS) is 11.7. The van der Waals surface area contributed by atoms with E-state index in [4.69, 9.17) is 5.73 Å². The fourth-order valence-corrected chi connectivity index (χ4v) is 3.94. The van der Waals surface area contributed by atoms with Gasteiger partial charge in [-0.15, -0.1) is 11.3 Å². The summed E-state index contributed by atoms with van der Waals surface area (Å²) in [5.41, 5.74) is 5.17. The predicted molar refractivity (Wildman–Crippen MR) is 76.9 cm³/mol. The van der Waals surface area contributed by atoms with Gasteiger partial charge >= 0.3 is 0 Å². The molecule has 0 aliphatic carbocycles. The predicted octanol–water partition coefficient (Wildman–Crippen LogP) is 2.71. The van der Waals surface area contributed by atoms with Gasteiger partial charge in [-0.05, 0) is 45.6 Å². The van der Waals surface area contributed by atoms with Crippen LogP contribution in [0.15, 0.2) is 39.0 Å². The van der Waals surface area contributed by atoms with Crippen molar-refractivity contribution in [2.45, 2.75) is 11.4 Å². The van der Waals surface area contributed by atoms with Gasteiger partial charge in [0.2, 0.25) is 10.0 Å². The zero-order chi connectivity index (χ0) is 14.0. The molecule has 0 atom stereocenters. The summed E-state index contributed by atoms with van der Waals surface area (Å²) in [6, 6.07) is 5.15. The van der Waals surface area contributed by atoms with E-state index in [0.717, 1.165) is 21.5 Å². The van der Waals surface area contributed by atoms with E-state index >= 15 is 0 Å². The van der Waals surface area contributed by atoms with Crippen molar-refractivity contribution in [3.8, 4) is 0 Å². The fourth-order valence-electron chi connectivity index (χ4n) is 1.38. The second-order valence-corrected chi connectivity index (χ2v) is 7.32. The molecule has 3 N–H and O–H groups in total. The minimum absolute atomic E-state index is 0.0564. The first-order valence-corrected chi connectivity index (χ1v) is 8.32. The maximum Gasteiger partial charge on any atom is 0.240 e. The van der Waals surface area contributed by atoms with E-state index in [1.165, 1.54) is 17.4 Å². The summed E-state index contributed by atoms with van der Waals surface area (Å²) in [5.74, 6) is -0.639. The Morgan fingerprint density at radius 2 is 2.11 bits per heavy atom. The van der Waals surface area contributed by atoms with E-state index in [2.05, 4.69) is 20.7 Å². The molecule has 0 fully saturated rings. The summed E-state index contributed by atoms with van der Waals surface area (Å²) in [5, 5.41) is 1.85. The van der Waals surface area contributed by atoms with Gasteiger partial charge in [0.1, 0.15) is 5.82 Å². The number of anilines is 1. The Hall–Kier alpha value is -0.960. The second kappa shape index (κ2) is 5.58. The molecule has 1 aromatic carbocycles. The van der Waals surface area contributed by atoms with Gasteiger partial charge in [0.05, 0.1) is 10.6 Å². The zero-order valence-electron chi connectivity index (χ0n) is 9.56. The summed E-state index contributed by atoms with van der Waals surface area (Å²) in [6.45, 7) is 0.165. The van der Waals surface area contributed by atoms with Crippen LogP contribution in [0, 0.1) is 5.82 Å². The quantitative estimate of drug-likeness (QED) is 0.819. The first kappa shape index (κ1) is 14.4. The lowest BCUT2D eigenvalue weighted by Crippen LogP contribution is -2.23. The smallest absolute Gasteiger partial charge is 0.240 e. The number of halogens is 2. The number of nitrogens with one attached hydrogen (secondary N) is 1. The van der Waals surface area contributed by atoms with Gasteiger partial charge < -0.3 is 5.73 Å². The van der Waals surface area contributed by atoms with Crippen LogP contribution in [-0.4, -0.2) is 8.42 Å². The van der Waals surface area contributed by atoms with E-state index in [0.29, 0.717) is 0 Å². The molecule has 0 bridgehead atoms. The molecule has 102 valence electrons. The molecule has 2 rings (SSSR count). The molecule has 1 aromatic heterocycles. The summed E-state index contributed by atoms with van der Waals surface area (Å²) < 4.78 is 40.3. The maximum absolute atomic E-state index is 13.0. The van der Waals surface area contributed by atoms with Gasteiger partial charge in [0, 0.05) is 15.9 Å². The number of thiophene rings is 1. The van der Waals surface area contributed by atoms with Crippen molar-refractivity contribution in [1.82, 2.24) is 4.72 Å². The number of nitrogen functional groups attached to an aromatic ring is 1. The Morgan fingerprint density at radius 3 is 2.68 bits per heavy atom. The number of nitrogens with two attached hydrogens (primary N) is 1. The molecule has 1 heterocycles. The minimum Gasteiger partial charge on any atom is -0.396 e. The van der Waals surface area contributed by atoms with Gasteiger partial charge in [-0.3, -0.25) is 0 Å². The Balaban J connectivity index is 2.18. The van der Waals surface area contributed by atoms with Crippen LogP contribution >= 0.6 is 27.3 Å². The largest absolute Gasteiger partial charge is 0.396 e. The lowest BCUT2D eigenvalue weighted by Gasteiger charge is -2.07. The van der Waals surface area contributed by atoms with Crippen LogP contribution in [0.1, 0.15) is 4.88 Å². The van der Waals surface area contributed by atoms with E-state index in [-0.39, 0.29) is 17.1 Å². The van der Waals surface area contributed by atoms with E-state index in [9.17, 15) is 12.8 Å². The Kier molecular flexibility index (Phi) is 4.24. The number of benzene rings is 1. The van der Waals surface area contributed by atoms with Crippen LogP contribution in [0.5, 0.6) is 0 Å². The summed E-state index contributed by atoms with van der Waals surface area (Å²) in [6.07, 6.45) is 0. The highest BCUT2D eigenvalue weighted by Crippen LogP contribution is 2.23. The van der Waals surface area contributed by atoms with Crippen molar-refractivity contribution < 1.29 is 12.8 Å². The van der Waals surface area contributed by atoms with Gasteiger partial charge in [-0.2, -0.15) is 0 Å². The second-order valence-electron chi connectivity index (χ2n) is 3.70. The maximum atomic E-state index is 13.0. The van der Waals surface area contributed by atoms with Gasteiger partial charge in [0.15, 0.2) is 0 Å². The zero-order valence-corrected chi connectivity index (χ0v) is 12.8. The lowest BCUT2D eigenvalue weighted by atomic mass is 10.3. The molecular formula is C11H10BrFN2O2S2. The topological polar surface area (TPSA) is 72.2 Å². The van der Waals surface area contributed by atoms with E-state index in [1.54, 1.807) is 0 Å². The Labute approximate surface area is 122 Å². The molecule has 0 aliphatic rings. The molecule has 0 spiro atoms. The Bertz CT molecular complexity index is 700. The van der Waals surface area contributed by atoms with Crippen LogP contribution in [0.4, 0.5) is 10.1 Å². The molecular weight excluding hydrogens is 355 g/mol. The molecule has 0 saturated carbocycles. The molecule has 4 nitrogen and oxygen atoms in total. The fraction of sp³-hybridized carbons (Fsp3) is 0.0909. The highest BCUT2D eigenvalue weighted by Gasteiger charge is 2.16. The van der Waals surface area contributed by atoms with Crippen molar-refractivity contribution in [3.63, 3.8) is 0 Å². The molecule has 19 heavy (non-hydrogen) atoms. The molecule has 0 radical (unpaired) electrons. The van der Waals surface area contributed by atoms with Gasteiger partial charge in [-0.25, -0.2) is 17.5 Å². The number of rotatable bonds is 4. The van der Waals surface area contributed by atoms with Crippen LogP contribution in [0.2, 0.25) is 0 Å². The van der Waals surface area contributed by atoms with E-state index in [1.807, 2.05) is 11.4 Å². The van der Waals surface area contributed by atoms with Crippen LogP contribution < -0.4 is 10.5 Å². The molecule has 0 saturated heterocycles. The average Bonchev–Trinajstić information content (AvgIpc) is 2.76. The standard InChI is InChI=1S/C11H10BrFN2O2S2/c12-8-3-4-18-11(8)6-15-19(16,17)7-1-2-9(13)10(14)5-7/h1-5,15H,6,14H2. The molecule has 8 heteroatoms. The third kappa shape index (κ3) is 3.33. The summed E-state index contributed by atoms with van der Waals surface area (Å²) in [4.78, 5) is 0.803. The lowest BCUT2D eigenvalue weighted by molar-refractivity contribution is 0.581. The number of hydrogen-bond acceptors (Lipinski definition) is 4. The Morgan fingerprint density at radius 1 is 1.37 bits per heavy atom. The van der Waals surface area contributed by atoms with Crippen molar-refractivity contribution in [3.05, 3.63) is 44.8 Å². The van der Waals surface area contributed by atoms with Crippen molar-refractivity contribution in [2.24, 2.45) is 0 Å². The highest BCUT2D eigenvalue weighted by molar-refractivity contribution is 9.10. The average molecular weight is 365 g/mol. The van der Waals surface area contributed by atoms with Crippen molar-refractivity contribution >= 4 is 43.0 Å². The van der Waals surface area contributed by atoms with Crippen molar-refractivity contribution in [2.75, 3.05) is 5.73 Å². The first-order chi connectivity index (χ1) is 8.90. The van der Waals surface area contributed by atoms with Gasteiger partial charge in [0.25, 0.3) is 0 Å². The number of sulfonamides is 1.